The van der Waals surface area contributed by atoms with Gasteiger partial charge in [-0.2, -0.15) is 0 Å². The van der Waals surface area contributed by atoms with Crippen LogP contribution in [0.2, 0.25) is 0 Å². The Morgan fingerprint density at radius 1 is 0.933 bits per heavy atom. The topological polar surface area (TPSA) is 60.9 Å². The lowest BCUT2D eigenvalue weighted by molar-refractivity contribution is -0.130. The molecule has 1 saturated carbocycles. The molecule has 0 spiro atoms. The summed E-state index contributed by atoms with van der Waals surface area (Å²) in [6, 6.07) is 9.96. The van der Waals surface area contributed by atoms with E-state index in [0.717, 1.165) is 48.3 Å². The van der Waals surface area contributed by atoms with Crippen molar-refractivity contribution in [2.24, 2.45) is 0 Å². The number of anilines is 2. The van der Waals surface area contributed by atoms with Gasteiger partial charge in [-0.3, -0.25) is 24.2 Å². The predicted octanol–water partition coefficient (Wildman–Crippen LogP) is 3.02. The number of carbonyl (C=O) groups is 3. The molecule has 1 aliphatic carbocycles. The number of carbonyl (C=O) groups excluding carboxylic acids is 3. The van der Waals surface area contributed by atoms with E-state index in [-0.39, 0.29) is 23.9 Å². The average molecular weight is 405 g/mol. The van der Waals surface area contributed by atoms with Gasteiger partial charge in [0.15, 0.2) is 5.78 Å². The van der Waals surface area contributed by atoms with Crippen LogP contribution < -0.4 is 9.80 Å². The Labute approximate surface area is 176 Å². The van der Waals surface area contributed by atoms with E-state index < -0.39 is 6.04 Å². The summed E-state index contributed by atoms with van der Waals surface area (Å²) in [5.74, 6) is -0.291. The fourth-order valence-electron chi connectivity index (χ4n) is 5.19. The third-order valence-electron chi connectivity index (χ3n) is 6.84. The van der Waals surface area contributed by atoms with Crippen LogP contribution in [-0.2, 0) is 9.59 Å². The molecule has 2 fully saturated rings. The summed E-state index contributed by atoms with van der Waals surface area (Å²) in [5.41, 5.74) is 2.62. The van der Waals surface area contributed by atoms with Crippen LogP contribution in [0.25, 0.3) is 10.8 Å². The van der Waals surface area contributed by atoms with E-state index in [9.17, 15) is 14.4 Å². The lowest BCUT2D eigenvalue weighted by Gasteiger charge is -2.38. The minimum Gasteiger partial charge on any atom is -0.368 e. The van der Waals surface area contributed by atoms with Gasteiger partial charge in [0, 0.05) is 55.1 Å². The lowest BCUT2D eigenvalue weighted by Crippen LogP contribution is -2.48. The van der Waals surface area contributed by atoms with Crippen LogP contribution >= 0.6 is 0 Å². The first kappa shape index (κ1) is 19.2. The van der Waals surface area contributed by atoms with Crippen molar-refractivity contribution in [1.82, 2.24) is 4.90 Å². The SMILES string of the molecule is CC(C)N1CCN(c2ccc3c4c(cccc24)N(C2CCC(=O)CC2=O)C3=O)CC1. The van der Waals surface area contributed by atoms with Crippen LogP contribution in [0, 0.1) is 0 Å². The van der Waals surface area contributed by atoms with E-state index in [1.54, 1.807) is 4.90 Å². The number of amides is 1. The minimum atomic E-state index is -0.536. The zero-order valence-corrected chi connectivity index (χ0v) is 17.6. The van der Waals surface area contributed by atoms with Gasteiger partial charge in [0.2, 0.25) is 0 Å². The van der Waals surface area contributed by atoms with Gasteiger partial charge in [-0.15, -0.1) is 0 Å². The highest BCUT2D eigenvalue weighted by atomic mass is 16.2. The van der Waals surface area contributed by atoms with Crippen molar-refractivity contribution in [2.75, 3.05) is 36.0 Å². The van der Waals surface area contributed by atoms with Crippen molar-refractivity contribution >= 4 is 39.6 Å². The van der Waals surface area contributed by atoms with Crippen molar-refractivity contribution < 1.29 is 14.4 Å². The maximum absolute atomic E-state index is 13.3. The molecule has 0 aromatic heterocycles. The number of benzene rings is 2. The molecule has 1 unspecified atom stereocenters. The second kappa shape index (κ2) is 7.20. The van der Waals surface area contributed by atoms with Crippen molar-refractivity contribution in [3.8, 4) is 0 Å². The largest absolute Gasteiger partial charge is 0.368 e. The molecule has 156 valence electrons. The normalized spacial score (nSPS) is 22.6. The summed E-state index contributed by atoms with van der Waals surface area (Å²) in [7, 11) is 0. The zero-order valence-electron chi connectivity index (χ0n) is 17.6. The van der Waals surface area contributed by atoms with E-state index in [1.807, 2.05) is 18.2 Å². The van der Waals surface area contributed by atoms with Crippen molar-refractivity contribution in [1.29, 1.82) is 0 Å². The van der Waals surface area contributed by atoms with Crippen LogP contribution in [0.4, 0.5) is 11.4 Å². The highest BCUT2D eigenvalue weighted by molar-refractivity contribution is 6.28. The average Bonchev–Trinajstić information content (AvgIpc) is 3.02. The maximum Gasteiger partial charge on any atom is 0.259 e. The van der Waals surface area contributed by atoms with Gasteiger partial charge in [0.05, 0.1) is 23.7 Å². The van der Waals surface area contributed by atoms with E-state index in [1.165, 1.54) is 0 Å². The van der Waals surface area contributed by atoms with E-state index >= 15 is 0 Å². The van der Waals surface area contributed by atoms with Crippen molar-refractivity contribution in [2.45, 2.75) is 45.2 Å². The number of piperazine rings is 1. The van der Waals surface area contributed by atoms with Gasteiger partial charge >= 0.3 is 0 Å². The maximum atomic E-state index is 13.3. The third kappa shape index (κ3) is 2.93. The second-order valence-corrected chi connectivity index (χ2v) is 8.86. The van der Waals surface area contributed by atoms with Crippen LogP contribution in [0.1, 0.15) is 43.5 Å². The van der Waals surface area contributed by atoms with Crippen molar-refractivity contribution in [3.63, 3.8) is 0 Å². The van der Waals surface area contributed by atoms with Gasteiger partial charge in [0.25, 0.3) is 5.91 Å². The molecule has 0 bridgehead atoms. The van der Waals surface area contributed by atoms with Gasteiger partial charge < -0.3 is 4.90 Å². The molecule has 5 rings (SSSR count). The predicted molar refractivity (Wildman–Crippen MR) is 117 cm³/mol. The molecular formula is C24H27N3O3. The third-order valence-corrected chi connectivity index (χ3v) is 6.84. The molecule has 2 aromatic rings. The summed E-state index contributed by atoms with van der Waals surface area (Å²) in [6.07, 6.45) is 0.710. The molecule has 1 amide bonds. The second-order valence-electron chi connectivity index (χ2n) is 8.86. The Morgan fingerprint density at radius 3 is 2.40 bits per heavy atom. The molecule has 1 atom stereocenters. The van der Waals surface area contributed by atoms with E-state index in [4.69, 9.17) is 0 Å². The number of nitrogens with zero attached hydrogens (tertiary/aromatic N) is 3. The van der Waals surface area contributed by atoms with E-state index in [2.05, 4.69) is 35.8 Å². The molecule has 1 saturated heterocycles. The molecular weight excluding hydrogens is 378 g/mol. The van der Waals surface area contributed by atoms with Gasteiger partial charge in [-0.05, 0) is 38.5 Å². The number of rotatable bonds is 3. The number of Topliss-reactive ketones (excluding diaryl/α,β-unsaturated/α-hetero) is 2. The molecule has 0 radical (unpaired) electrons. The van der Waals surface area contributed by atoms with Crippen LogP contribution in [0.5, 0.6) is 0 Å². The number of ketones is 2. The number of hydrogen-bond donors (Lipinski definition) is 0. The summed E-state index contributed by atoms with van der Waals surface area (Å²) in [6.45, 7) is 8.42. The lowest BCUT2D eigenvalue weighted by atomic mass is 9.91. The summed E-state index contributed by atoms with van der Waals surface area (Å²) in [5, 5.41) is 2.01. The first-order chi connectivity index (χ1) is 14.5. The summed E-state index contributed by atoms with van der Waals surface area (Å²) >= 11 is 0. The van der Waals surface area contributed by atoms with Crippen LogP contribution in [-0.4, -0.2) is 60.6 Å². The molecule has 0 N–H and O–H groups in total. The number of hydrogen-bond acceptors (Lipinski definition) is 5. The van der Waals surface area contributed by atoms with Gasteiger partial charge in [0.1, 0.15) is 5.78 Å². The summed E-state index contributed by atoms with van der Waals surface area (Å²) < 4.78 is 0. The molecule has 30 heavy (non-hydrogen) atoms. The minimum absolute atomic E-state index is 0.0264. The highest BCUT2D eigenvalue weighted by Gasteiger charge is 2.40. The Balaban J connectivity index is 1.53. The van der Waals surface area contributed by atoms with Crippen LogP contribution in [0.3, 0.4) is 0 Å². The van der Waals surface area contributed by atoms with Crippen LogP contribution in [0.15, 0.2) is 30.3 Å². The first-order valence-corrected chi connectivity index (χ1v) is 10.9. The zero-order chi connectivity index (χ0) is 21.0. The fraction of sp³-hybridized carbons (Fsp3) is 0.458. The highest BCUT2D eigenvalue weighted by Crippen LogP contribution is 2.43. The van der Waals surface area contributed by atoms with Crippen molar-refractivity contribution in [3.05, 3.63) is 35.9 Å². The van der Waals surface area contributed by atoms with E-state index in [0.29, 0.717) is 24.4 Å². The first-order valence-electron chi connectivity index (χ1n) is 10.9. The molecule has 2 aliphatic heterocycles. The Morgan fingerprint density at radius 2 is 1.70 bits per heavy atom. The standard InChI is InChI=1S/C24H27N3O3/c1-15(2)25-10-12-26(13-11-25)19-9-7-18-23-17(19)4-3-5-21(23)27(24(18)30)20-8-6-16(28)14-22(20)29/h3-5,7,9,15,20H,6,8,10-14H2,1-2H3. The van der Waals surface area contributed by atoms with Gasteiger partial charge in [-0.1, -0.05) is 12.1 Å². The fourth-order valence-corrected chi connectivity index (χ4v) is 5.19. The van der Waals surface area contributed by atoms with Gasteiger partial charge in [-0.25, -0.2) is 0 Å². The molecule has 2 aromatic carbocycles. The molecule has 6 nitrogen and oxygen atoms in total. The smallest absolute Gasteiger partial charge is 0.259 e. The Bertz CT molecular complexity index is 1050. The Hall–Kier alpha value is -2.73. The molecule has 3 aliphatic rings. The Kier molecular flexibility index (Phi) is 4.62. The molecule has 6 heteroatoms. The molecule has 2 heterocycles. The quantitative estimate of drug-likeness (QED) is 0.735. The summed E-state index contributed by atoms with van der Waals surface area (Å²) in [4.78, 5) is 44.1. The monoisotopic (exact) mass is 405 g/mol.